The molecule has 10 rings (SSSR count). The molecule has 0 bridgehead atoms. The quantitative estimate of drug-likeness (QED) is 0.167. The molecule has 52 heavy (non-hydrogen) atoms. The number of benzene rings is 6. The van der Waals surface area contributed by atoms with E-state index < -0.39 is 0 Å². The van der Waals surface area contributed by atoms with Crippen molar-refractivity contribution in [3.8, 4) is 11.3 Å². The van der Waals surface area contributed by atoms with Gasteiger partial charge in [-0.15, -0.1) is 0 Å². The topological polar surface area (TPSA) is 12.9 Å². The van der Waals surface area contributed by atoms with Gasteiger partial charge in [0, 0.05) is 11.8 Å². The van der Waals surface area contributed by atoms with Crippen molar-refractivity contribution < 1.29 is 0 Å². The third-order valence-corrected chi connectivity index (χ3v) is 11.5. The van der Waals surface area contributed by atoms with E-state index in [0.29, 0.717) is 0 Å². The second-order valence-corrected chi connectivity index (χ2v) is 14.3. The molecule has 0 saturated carbocycles. The van der Waals surface area contributed by atoms with Gasteiger partial charge in [0.2, 0.25) is 0 Å². The Hall–Kier alpha value is -6.05. The van der Waals surface area contributed by atoms with E-state index in [1.165, 1.54) is 92.9 Å². The first-order valence-corrected chi connectivity index (χ1v) is 18.8. The summed E-state index contributed by atoms with van der Waals surface area (Å²) in [4.78, 5) is 4.96. The van der Waals surface area contributed by atoms with Gasteiger partial charge in [-0.1, -0.05) is 152 Å². The van der Waals surface area contributed by atoms with E-state index in [1.54, 1.807) is 0 Å². The van der Waals surface area contributed by atoms with Crippen LogP contribution in [-0.2, 0) is 0 Å². The third-order valence-electron chi connectivity index (χ3n) is 11.5. The van der Waals surface area contributed by atoms with Crippen LogP contribution < -0.4 is 10.4 Å². The maximum atomic E-state index is 4.96. The zero-order chi connectivity index (χ0) is 34.4. The van der Waals surface area contributed by atoms with Crippen LogP contribution in [0.3, 0.4) is 0 Å². The van der Waals surface area contributed by atoms with Crippen molar-refractivity contribution in [3.05, 3.63) is 197 Å². The van der Waals surface area contributed by atoms with E-state index in [0.717, 1.165) is 44.2 Å². The first-order chi connectivity index (χ1) is 25.8. The number of rotatable bonds is 5. The van der Waals surface area contributed by atoms with E-state index >= 15 is 0 Å². The first kappa shape index (κ1) is 30.7. The van der Waals surface area contributed by atoms with Crippen LogP contribution in [0.25, 0.3) is 65.9 Å². The van der Waals surface area contributed by atoms with Crippen LogP contribution >= 0.6 is 0 Å². The molecule has 0 fully saturated rings. The van der Waals surface area contributed by atoms with Crippen LogP contribution in [0.1, 0.15) is 55.2 Å². The summed E-state index contributed by atoms with van der Waals surface area (Å²) in [5.74, 6) is 0. The number of hydrogen-bond donors (Lipinski definition) is 0. The van der Waals surface area contributed by atoms with Gasteiger partial charge in [0.05, 0.1) is 5.69 Å². The van der Waals surface area contributed by atoms with Gasteiger partial charge in [0.25, 0.3) is 0 Å². The predicted molar refractivity (Wildman–Crippen MR) is 221 cm³/mol. The van der Waals surface area contributed by atoms with Gasteiger partial charge in [-0.05, 0) is 132 Å². The lowest BCUT2D eigenvalue weighted by Crippen LogP contribution is -2.33. The van der Waals surface area contributed by atoms with Gasteiger partial charge in [0.15, 0.2) is 0 Å². The highest BCUT2D eigenvalue weighted by Gasteiger charge is 2.23. The molecular weight excluding hydrogens is 627 g/mol. The fourth-order valence-electron chi connectivity index (χ4n) is 9.05. The summed E-state index contributed by atoms with van der Waals surface area (Å²) in [6, 6.07) is 46.9. The molecule has 0 amide bonds. The molecule has 7 aromatic rings. The molecule has 0 saturated heterocycles. The summed E-state index contributed by atoms with van der Waals surface area (Å²) in [7, 11) is 0. The molecule has 3 aliphatic rings. The van der Waals surface area contributed by atoms with Gasteiger partial charge in [-0.25, -0.2) is 0 Å². The van der Waals surface area contributed by atoms with Crippen molar-refractivity contribution in [2.24, 2.45) is 0 Å². The monoisotopic (exact) mass is 665 g/mol. The molecule has 1 aromatic heterocycles. The van der Waals surface area contributed by atoms with Crippen molar-refractivity contribution in [1.29, 1.82) is 0 Å². The van der Waals surface area contributed by atoms with Crippen LogP contribution in [-0.4, -0.2) is 4.98 Å². The molecule has 1 heteroatoms. The Bertz CT molecular complexity index is 2760. The van der Waals surface area contributed by atoms with Gasteiger partial charge in [-0.2, -0.15) is 0 Å². The molecule has 1 nitrogen and oxygen atoms in total. The van der Waals surface area contributed by atoms with Gasteiger partial charge in [-0.3, -0.25) is 4.98 Å². The lowest BCUT2D eigenvalue weighted by molar-refractivity contribution is 0.952. The predicted octanol–water partition coefficient (Wildman–Crippen LogP) is 11.9. The number of hydrogen-bond acceptors (Lipinski definition) is 1. The Morgan fingerprint density at radius 2 is 1.04 bits per heavy atom. The lowest BCUT2D eigenvalue weighted by atomic mass is 9.79. The fraction of sp³-hybridized carbons (Fsp3) is 0.118. The van der Waals surface area contributed by atoms with E-state index in [2.05, 4.69) is 164 Å². The van der Waals surface area contributed by atoms with Crippen LogP contribution in [0.15, 0.2) is 170 Å². The smallest absolute Gasteiger partial charge is 0.0708 e. The molecule has 248 valence electrons. The van der Waals surface area contributed by atoms with E-state index in [1.807, 2.05) is 0 Å². The van der Waals surface area contributed by atoms with Gasteiger partial charge in [0.1, 0.15) is 0 Å². The molecule has 0 atom stereocenters. The molecule has 6 aromatic carbocycles. The van der Waals surface area contributed by atoms with E-state index in [-0.39, 0.29) is 0 Å². The largest absolute Gasteiger partial charge is 0.256 e. The van der Waals surface area contributed by atoms with Crippen LogP contribution in [0.4, 0.5) is 0 Å². The second-order valence-electron chi connectivity index (χ2n) is 14.3. The molecule has 0 unspecified atom stereocenters. The number of pyridine rings is 1. The van der Waals surface area contributed by atoms with Crippen LogP contribution in [0.5, 0.6) is 0 Å². The number of nitrogens with zero attached hydrogens (tertiary/aromatic N) is 1. The summed E-state index contributed by atoms with van der Waals surface area (Å²) in [5.41, 5.74) is 13.4. The Balaban J connectivity index is 1.09. The highest BCUT2D eigenvalue weighted by molar-refractivity contribution is 6.16. The maximum absolute atomic E-state index is 4.96. The third kappa shape index (κ3) is 5.19. The van der Waals surface area contributed by atoms with Crippen molar-refractivity contribution in [2.75, 3.05) is 0 Å². The fourth-order valence-corrected chi connectivity index (χ4v) is 9.05. The number of allylic oxidation sites excluding steroid dienone is 8. The average Bonchev–Trinajstić information content (AvgIpc) is 3.23. The molecular formula is C51H39N. The lowest BCUT2D eigenvalue weighted by Gasteiger charge is -2.25. The molecule has 0 radical (unpaired) electrons. The standard InChI is InChI=1S/C51H39N/c1-2-13-35(14-3-1)40-30-31-48(42-19-7-6-18-41(40)42)51-46-22-10-8-20-44(46)50(45-21-9-11-23-47(45)51)37-27-25-34(26-28-37)38-29-32-49(52-33-38)43-24-12-16-36-15-4-5-17-39(36)43/h1-2,4-13,15-25,27,29,32-33H,3,14,26,28,30-31H2. The summed E-state index contributed by atoms with van der Waals surface area (Å²) in [6.45, 7) is 0. The first-order valence-electron chi connectivity index (χ1n) is 18.8. The maximum Gasteiger partial charge on any atom is 0.0708 e. The number of aromatic nitrogens is 1. The molecule has 3 aliphatic carbocycles. The Morgan fingerprint density at radius 1 is 0.423 bits per heavy atom. The summed E-state index contributed by atoms with van der Waals surface area (Å²) >= 11 is 0. The van der Waals surface area contributed by atoms with Gasteiger partial charge < -0.3 is 0 Å². The zero-order valence-electron chi connectivity index (χ0n) is 29.3. The zero-order valence-corrected chi connectivity index (χ0v) is 29.3. The van der Waals surface area contributed by atoms with Crippen molar-refractivity contribution in [1.82, 2.24) is 4.98 Å². The Labute approximate surface area is 305 Å². The molecule has 0 spiro atoms. The van der Waals surface area contributed by atoms with E-state index in [4.69, 9.17) is 4.98 Å². The van der Waals surface area contributed by atoms with Crippen LogP contribution in [0, 0.1) is 0 Å². The minimum absolute atomic E-state index is 0.986. The minimum Gasteiger partial charge on any atom is -0.256 e. The Kier molecular flexibility index (Phi) is 7.64. The van der Waals surface area contributed by atoms with Crippen LogP contribution in [0.2, 0.25) is 0 Å². The second kappa shape index (κ2) is 12.9. The van der Waals surface area contributed by atoms with Crippen molar-refractivity contribution in [2.45, 2.75) is 38.5 Å². The van der Waals surface area contributed by atoms with Crippen molar-refractivity contribution in [3.63, 3.8) is 0 Å². The normalized spacial score (nSPS) is 15.8. The summed E-state index contributed by atoms with van der Waals surface area (Å²) in [5, 5.41) is 10.7. The highest BCUT2D eigenvalue weighted by Crippen LogP contribution is 2.44. The molecule has 1 heterocycles. The minimum atomic E-state index is 0.986. The molecule has 0 aliphatic heterocycles. The molecule has 0 N–H and O–H groups in total. The summed E-state index contributed by atoms with van der Waals surface area (Å²) in [6.07, 6.45) is 20.0. The number of fused-ring (bicyclic) bond motifs is 4. The average molecular weight is 666 g/mol. The van der Waals surface area contributed by atoms with Gasteiger partial charge >= 0.3 is 0 Å². The Morgan fingerprint density at radius 3 is 1.71 bits per heavy atom. The van der Waals surface area contributed by atoms with Crippen molar-refractivity contribution >= 4 is 54.6 Å². The van der Waals surface area contributed by atoms with E-state index in [9.17, 15) is 0 Å². The summed E-state index contributed by atoms with van der Waals surface area (Å²) < 4.78 is 0. The SMILES string of the molecule is C1=CCCC(C2=c3ccccc3=C(c3c4ccccc4c(C4=CC=C(c5ccc(-c6cccc7ccccc67)nc5)CC4)c4ccccc34)CC2)=C1. The highest BCUT2D eigenvalue weighted by atomic mass is 14.7.